The molecule has 2 heterocycles. The number of esters is 1. The van der Waals surface area contributed by atoms with Crippen LogP contribution in [0.15, 0.2) is 30.5 Å². The fourth-order valence-electron chi connectivity index (χ4n) is 4.16. The van der Waals surface area contributed by atoms with Crippen molar-refractivity contribution < 1.29 is 37.4 Å². The van der Waals surface area contributed by atoms with E-state index in [1.54, 1.807) is 19.1 Å². The molecule has 9 nitrogen and oxygen atoms in total. The molecule has 4 rings (SSSR count). The number of amides is 2. The molecule has 1 aromatic carbocycles. The summed E-state index contributed by atoms with van der Waals surface area (Å²) in [6.07, 6.45) is 2.70. The second kappa shape index (κ2) is 10.5. The van der Waals surface area contributed by atoms with Gasteiger partial charge in [0.05, 0.1) is 12.2 Å². The number of rotatable bonds is 9. The summed E-state index contributed by atoms with van der Waals surface area (Å²) < 4.78 is 41.7. The topological polar surface area (TPSA) is 121 Å². The standard InChI is InChI=1S/C25H27F2N3O6/c1-13-7-17(23(28)32)10-29-22(13)24(33)36-21-9-18(11-30(21)14(2)31)16-5-6-19(35-25(26)27)20(8-16)34-12-15-3-4-15/h5-8,10,15,18,21,25H,3-4,9,11-12H2,1-2H3,(H2,28,32)/t18-,21-/m1/s1. The Morgan fingerprint density at radius 1 is 1.19 bits per heavy atom. The van der Waals surface area contributed by atoms with E-state index in [0.717, 1.165) is 18.4 Å². The molecule has 36 heavy (non-hydrogen) atoms. The van der Waals surface area contributed by atoms with Crippen molar-refractivity contribution in [1.29, 1.82) is 0 Å². The third-order valence-electron chi connectivity index (χ3n) is 6.28. The molecule has 2 aromatic rings. The number of benzene rings is 1. The van der Waals surface area contributed by atoms with Crippen molar-refractivity contribution in [1.82, 2.24) is 9.88 Å². The van der Waals surface area contributed by atoms with Crippen LogP contribution >= 0.6 is 0 Å². The zero-order chi connectivity index (χ0) is 26.0. The van der Waals surface area contributed by atoms with Crippen LogP contribution in [0.2, 0.25) is 0 Å². The van der Waals surface area contributed by atoms with Gasteiger partial charge < -0.3 is 24.8 Å². The smallest absolute Gasteiger partial charge is 0.387 e. The Morgan fingerprint density at radius 2 is 1.94 bits per heavy atom. The van der Waals surface area contributed by atoms with Crippen molar-refractivity contribution in [3.8, 4) is 11.5 Å². The van der Waals surface area contributed by atoms with Crippen molar-refractivity contribution in [2.75, 3.05) is 13.2 Å². The van der Waals surface area contributed by atoms with Crippen LogP contribution in [0, 0.1) is 12.8 Å². The van der Waals surface area contributed by atoms with Crippen LogP contribution < -0.4 is 15.2 Å². The summed E-state index contributed by atoms with van der Waals surface area (Å²) in [5.41, 5.74) is 6.57. The molecule has 2 amide bonds. The van der Waals surface area contributed by atoms with E-state index in [9.17, 15) is 23.2 Å². The number of ether oxygens (including phenoxy) is 3. The zero-order valence-corrected chi connectivity index (χ0v) is 19.9. The van der Waals surface area contributed by atoms with Gasteiger partial charge in [-0.2, -0.15) is 8.78 Å². The normalized spacial score (nSPS) is 19.3. The molecule has 2 fully saturated rings. The van der Waals surface area contributed by atoms with Crippen LogP contribution in [0.3, 0.4) is 0 Å². The Labute approximate surface area is 206 Å². The molecule has 2 atom stereocenters. The van der Waals surface area contributed by atoms with Crippen molar-refractivity contribution in [2.24, 2.45) is 11.7 Å². The lowest BCUT2D eigenvalue weighted by atomic mass is 9.97. The van der Waals surface area contributed by atoms with E-state index in [1.807, 2.05) is 0 Å². The highest BCUT2D eigenvalue weighted by atomic mass is 19.3. The summed E-state index contributed by atoms with van der Waals surface area (Å²) in [6.45, 7) is 0.656. The number of alkyl halides is 2. The maximum absolute atomic E-state index is 12.9. The van der Waals surface area contributed by atoms with E-state index in [1.165, 1.54) is 30.2 Å². The molecule has 1 saturated heterocycles. The van der Waals surface area contributed by atoms with Crippen LogP contribution in [0.4, 0.5) is 8.78 Å². The number of primary amides is 1. The fraction of sp³-hybridized carbons (Fsp3) is 0.440. The van der Waals surface area contributed by atoms with Gasteiger partial charge in [0.1, 0.15) is 0 Å². The van der Waals surface area contributed by atoms with Gasteiger partial charge in [-0.05, 0) is 55.0 Å². The molecule has 0 radical (unpaired) electrons. The van der Waals surface area contributed by atoms with Crippen LogP contribution in [0.25, 0.3) is 0 Å². The first-order valence-corrected chi connectivity index (χ1v) is 11.6. The van der Waals surface area contributed by atoms with E-state index in [-0.39, 0.29) is 41.1 Å². The van der Waals surface area contributed by atoms with E-state index < -0.39 is 24.7 Å². The van der Waals surface area contributed by atoms with Gasteiger partial charge in [-0.1, -0.05) is 6.07 Å². The first-order chi connectivity index (χ1) is 17.1. The van der Waals surface area contributed by atoms with Crippen molar-refractivity contribution >= 4 is 17.8 Å². The molecule has 192 valence electrons. The van der Waals surface area contributed by atoms with Gasteiger partial charge in [0.15, 0.2) is 23.4 Å². The monoisotopic (exact) mass is 503 g/mol. The number of pyridine rings is 1. The second-order valence-electron chi connectivity index (χ2n) is 9.06. The van der Waals surface area contributed by atoms with Crippen LogP contribution in [-0.4, -0.2) is 53.7 Å². The van der Waals surface area contributed by atoms with Gasteiger partial charge >= 0.3 is 12.6 Å². The van der Waals surface area contributed by atoms with Crippen molar-refractivity contribution in [3.05, 3.63) is 52.8 Å². The van der Waals surface area contributed by atoms with E-state index >= 15 is 0 Å². The molecule has 0 spiro atoms. The molecule has 1 aliphatic heterocycles. The van der Waals surface area contributed by atoms with Gasteiger partial charge in [-0.25, -0.2) is 9.78 Å². The number of nitrogens with two attached hydrogens (primary N) is 1. The number of hydrogen-bond donors (Lipinski definition) is 1. The second-order valence-corrected chi connectivity index (χ2v) is 9.06. The maximum atomic E-state index is 12.9. The number of carbonyl (C=O) groups is 3. The number of halogens is 2. The highest BCUT2D eigenvalue weighted by molar-refractivity contribution is 5.94. The third kappa shape index (κ3) is 5.89. The van der Waals surface area contributed by atoms with Crippen molar-refractivity contribution in [2.45, 2.75) is 51.9 Å². The molecule has 0 unspecified atom stereocenters. The molecular formula is C25H27F2N3O6. The summed E-state index contributed by atoms with van der Waals surface area (Å²) >= 11 is 0. The minimum absolute atomic E-state index is 0.0104. The highest BCUT2D eigenvalue weighted by Gasteiger charge is 2.38. The molecule has 0 bridgehead atoms. The molecule has 1 saturated carbocycles. The van der Waals surface area contributed by atoms with Gasteiger partial charge in [-0.3, -0.25) is 9.59 Å². The van der Waals surface area contributed by atoms with Crippen LogP contribution in [0.5, 0.6) is 11.5 Å². The summed E-state index contributed by atoms with van der Waals surface area (Å²) in [7, 11) is 0. The Hall–Kier alpha value is -3.76. The van der Waals surface area contributed by atoms with Gasteiger partial charge in [0, 0.05) is 32.0 Å². The fourth-order valence-corrected chi connectivity index (χ4v) is 4.16. The highest BCUT2D eigenvalue weighted by Crippen LogP contribution is 2.39. The number of carbonyl (C=O) groups excluding carboxylic acids is 3. The quantitative estimate of drug-likeness (QED) is 0.521. The molecule has 1 aliphatic carbocycles. The molecule has 2 N–H and O–H groups in total. The summed E-state index contributed by atoms with van der Waals surface area (Å²) in [6, 6.07) is 6.15. The number of aromatic nitrogens is 1. The zero-order valence-electron chi connectivity index (χ0n) is 19.9. The summed E-state index contributed by atoms with van der Waals surface area (Å²) in [4.78, 5) is 41.9. The van der Waals surface area contributed by atoms with Crippen LogP contribution in [-0.2, 0) is 9.53 Å². The van der Waals surface area contributed by atoms with Gasteiger partial charge in [-0.15, -0.1) is 0 Å². The van der Waals surface area contributed by atoms with Crippen LogP contribution in [0.1, 0.15) is 64.1 Å². The average molecular weight is 504 g/mol. The Morgan fingerprint density at radius 3 is 2.56 bits per heavy atom. The predicted octanol–water partition coefficient (Wildman–Crippen LogP) is 3.40. The average Bonchev–Trinajstić information content (AvgIpc) is 3.55. The lowest BCUT2D eigenvalue weighted by molar-refractivity contribution is -0.135. The van der Waals surface area contributed by atoms with E-state index in [4.69, 9.17) is 15.2 Å². The number of hydrogen-bond acceptors (Lipinski definition) is 7. The van der Waals surface area contributed by atoms with E-state index in [0.29, 0.717) is 24.5 Å². The number of likely N-dealkylation sites (tertiary alicyclic amines) is 1. The Balaban J connectivity index is 1.51. The third-order valence-corrected chi connectivity index (χ3v) is 6.28. The van der Waals surface area contributed by atoms with Gasteiger partial charge in [0.2, 0.25) is 11.8 Å². The lowest BCUT2D eigenvalue weighted by Gasteiger charge is -2.23. The number of aryl methyl sites for hydroxylation is 1. The molecule has 1 aromatic heterocycles. The number of nitrogens with zero attached hydrogens (tertiary/aromatic N) is 2. The minimum Gasteiger partial charge on any atom is -0.489 e. The summed E-state index contributed by atoms with van der Waals surface area (Å²) in [5, 5.41) is 0. The maximum Gasteiger partial charge on any atom is 0.387 e. The predicted molar refractivity (Wildman–Crippen MR) is 123 cm³/mol. The Kier molecular flexibility index (Phi) is 7.37. The lowest BCUT2D eigenvalue weighted by Crippen LogP contribution is -2.37. The largest absolute Gasteiger partial charge is 0.489 e. The van der Waals surface area contributed by atoms with Crippen molar-refractivity contribution in [3.63, 3.8) is 0 Å². The first kappa shape index (κ1) is 25.3. The first-order valence-electron chi connectivity index (χ1n) is 11.6. The Bertz CT molecular complexity index is 1170. The van der Waals surface area contributed by atoms with E-state index in [2.05, 4.69) is 9.72 Å². The molecular weight excluding hydrogens is 476 g/mol. The SMILES string of the molecule is CC(=O)N1C[C@H](c2ccc(OC(F)F)c(OCC3CC3)c2)C[C@H]1OC(=O)c1ncc(C(N)=O)cc1C. The minimum atomic E-state index is -2.99. The van der Waals surface area contributed by atoms with Gasteiger partial charge in [0.25, 0.3) is 0 Å². The molecule has 2 aliphatic rings. The molecule has 11 heteroatoms. The summed E-state index contributed by atoms with van der Waals surface area (Å²) in [5.74, 6) is -1.37.